The second-order valence-electron chi connectivity index (χ2n) is 4.75. The summed E-state index contributed by atoms with van der Waals surface area (Å²) in [6.45, 7) is 4.41. The van der Waals surface area contributed by atoms with Gasteiger partial charge >= 0.3 is 0 Å². The molecule has 0 bridgehead atoms. The highest BCUT2D eigenvalue weighted by Crippen LogP contribution is 2.38. The van der Waals surface area contributed by atoms with Crippen molar-refractivity contribution in [1.29, 1.82) is 0 Å². The van der Waals surface area contributed by atoms with Crippen molar-refractivity contribution in [3.8, 4) is 0 Å². The zero-order valence-corrected chi connectivity index (χ0v) is 9.46. The van der Waals surface area contributed by atoms with Crippen LogP contribution in [0.25, 0.3) is 0 Å². The van der Waals surface area contributed by atoms with E-state index in [1.165, 1.54) is 25.5 Å². The van der Waals surface area contributed by atoms with Crippen molar-refractivity contribution >= 4 is 6.29 Å². The second kappa shape index (κ2) is 5.33. The van der Waals surface area contributed by atoms with Crippen molar-refractivity contribution in [2.24, 2.45) is 11.3 Å². The standard InChI is InChI=1S/C13H22O/c1-3-4-5-8-13(11-14)9-6-7-12(2)10-13/h6-7,11-12H,3-5,8-10H2,1-2H3. The first-order chi connectivity index (χ1) is 6.72. The summed E-state index contributed by atoms with van der Waals surface area (Å²) in [7, 11) is 0. The zero-order valence-electron chi connectivity index (χ0n) is 9.46. The van der Waals surface area contributed by atoms with Crippen molar-refractivity contribution in [2.75, 3.05) is 0 Å². The molecular weight excluding hydrogens is 172 g/mol. The number of allylic oxidation sites excluding steroid dienone is 2. The highest BCUT2D eigenvalue weighted by molar-refractivity contribution is 5.60. The van der Waals surface area contributed by atoms with Crippen LogP contribution in [0, 0.1) is 11.3 Å². The zero-order chi connectivity index (χ0) is 10.4. The Morgan fingerprint density at radius 2 is 2.29 bits per heavy atom. The minimum atomic E-state index is -0.0245. The lowest BCUT2D eigenvalue weighted by molar-refractivity contribution is -0.117. The Labute approximate surface area is 87.6 Å². The smallest absolute Gasteiger partial charge is 0.126 e. The van der Waals surface area contributed by atoms with Gasteiger partial charge in [-0.05, 0) is 25.2 Å². The maximum atomic E-state index is 11.2. The molecule has 0 aliphatic heterocycles. The maximum absolute atomic E-state index is 11.2. The Kier molecular flexibility index (Phi) is 4.37. The molecule has 1 rings (SSSR count). The Morgan fingerprint density at radius 1 is 1.50 bits per heavy atom. The molecule has 0 aromatic rings. The molecule has 1 heteroatoms. The van der Waals surface area contributed by atoms with E-state index in [1.807, 2.05) is 0 Å². The van der Waals surface area contributed by atoms with E-state index in [0.717, 1.165) is 19.3 Å². The van der Waals surface area contributed by atoms with Crippen LogP contribution in [0.15, 0.2) is 12.2 Å². The van der Waals surface area contributed by atoms with Crippen LogP contribution in [0.5, 0.6) is 0 Å². The fraction of sp³-hybridized carbons (Fsp3) is 0.769. The maximum Gasteiger partial charge on any atom is 0.126 e. The lowest BCUT2D eigenvalue weighted by atomic mass is 9.71. The van der Waals surface area contributed by atoms with Crippen LogP contribution in [-0.4, -0.2) is 6.29 Å². The van der Waals surface area contributed by atoms with Crippen molar-refractivity contribution in [1.82, 2.24) is 0 Å². The van der Waals surface area contributed by atoms with Crippen LogP contribution in [-0.2, 0) is 4.79 Å². The van der Waals surface area contributed by atoms with Crippen molar-refractivity contribution in [2.45, 2.75) is 52.4 Å². The van der Waals surface area contributed by atoms with Gasteiger partial charge in [-0.1, -0.05) is 45.3 Å². The van der Waals surface area contributed by atoms with Crippen molar-refractivity contribution in [3.05, 3.63) is 12.2 Å². The van der Waals surface area contributed by atoms with Gasteiger partial charge in [-0.15, -0.1) is 0 Å². The largest absolute Gasteiger partial charge is 0.303 e. The number of aldehydes is 1. The molecular formula is C13H22O. The first-order valence-electron chi connectivity index (χ1n) is 5.85. The molecule has 0 heterocycles. The minimum Gasteiger partial charge on any atom is -0.303 e. The van der Waals surface area contributed by atoms with E-state index in [0.29, 0.717) is 5.92 Å². The van der Waals surface area contributed by atoms with E-state index in [9.17, 15) is 4.79 Å². The van der Waals surface area contributed by atoms with Crippen molar-refractivity contribution < 1.29 is 4.79 Å². The summed E-state index contributed by atoms with van der Waals surface area (Å²) < 4.78 is 0. The summed E-state index contributed by atoms with van der Waals surface area (Å²) in [4.78, 5) is 11.2. The monoisotopic (exact) mass is 194 g/mol. The lowest BCUT2D eigenvalue weighted by Crippen LogP contribution is -2.26. The van der Waals surface area contributed by atoms with E-state index in [1.54, 1.807) is 0 Å². The van der Waals surface area contributed by atoms with Gasteiger partial charge in [0.2, 0.25) is 0 Å². The third kappa shape index (κ3) is 2.97. The van der Waals surface area contributed by atoms with E-state index in [4.69, 9.17) is 0 Å². The molecule has 1 aliphatic carbocycles. The summed E-state index contributed by atoms with van der Waals surface area (Å²) in [5, 5.41) is 0. The SMILES string of the molecule is CCCCCC1(C=O)CC=CC(C)C1. The molecule has 0 aromatic carbocycles. The fourth-order valence-corrected chi connectivity index (χ4v) is 2.41. The summed E-state index contributed by atoms with van der Waals surface area (Å²) in [5.41, 5.74) is -0.0245. The quantitative estimate of drug-likeness (QED) is 0.370. The Hall–Kier alpha value is -0.590. The summed E-state index contributed by atoms with van der Waals surface area (Å²) in [6.07, 6.45) is 12.4. The summed E-state index contributed by atoms with van der Waals surface area (Å²) in [6, 6.07) is 0. The highest BCUT2D eigenvalue weighted by atomic mass is 16.1. The van der Waals surface area contributed by atoms with Crippen LogP contribution in [0.4, 0.5) is 0 Å². The number of carbonyl (C=O) groups is 1. The first-order valence-corrected chi connectivity index (χ1v) is 5.85. The van der Waals surface area contributed by atoms with Gasteiger partial charge in [0, 0.05) is 5.41 Å². The van der Waals surface area contributed by atoms with E-state index < -0.39 is 0 Å². The van der Waals surface area contributed by atoms with Gasteiger partial charge < -0.3 is 4.79 Å². The van der Waals surface area contributed by atoms with Gasteiger partial charge in [-0.2, -0.15) is 0 Å². The molecule has 0 saturated heterocycles. The molecule has 0 aromatic heterocycles. The highest BCUT2D eigenvalue weighted by Gasteiger charge is 2.31. The molecule has 2 unspecified atom stereocenters. The molecule has 0 spiro atoms. The minimum absolute atomic E-state index is 0.0245. The molecule has 0 fully saturated rings. The third-order valence-corrected chi connectivity index (χ3v) is 3.25. The van der Waals surface area contributed by atoms with E-state index in [-0.39, 0.29) is 5.41 Å². The predicted molar refractivity (Wildman–Crippen MR) is 60.2 cm³/mol. The van der Waals surface area contributed by atoms with Gasteiger partial charge in [0.15, 0.2) is 0 Å². The van der Waals surface area contributed by atoms with E-state index >= 15 is 0 Å². The van der Waals surface area contributed by atoms with Gasteiger partial charge in [-0.3, -0.25) is 0 Å². The lowest BCUT2D eigenvalue weighted by Gasteiger charge is -2.32. The molecule has 2 atom stereocenters. The van der Waals surface area contributed by atoms with Crippen LogP contribution in [0.2, 0.25) is 0 Å². The van der Waals surface area contributed by atoms with Crippen LogP contribution in [0.3, 0.4) is 0 Å². The Bertz CT molecular complexity index is 207. The number of hydrogen-bond donors (Lipinski definition) is 0. The van der Waals surface area contributed by atoms with Gasteiger partial charge in [0.25, 0.3) is 0 Å². The molecule has 80 valence electrons. The normalized spacial score (nSPS) is 31.7. The molecule has 0 saturated carbocycles. The molecule has 0 radical (unpaired) electrons. The Morgan fingerprint density at radius 3 is 2.86 bits per heavy atom. The fourth-order valence-electron chi connectivity index (χ4n) is 2.41. The van der Waals surface area contributed by atoms with Crippen molar-refractivity contribution in [3.63, 3.8) is 0 Å². The molecule has 1 aliphatic rings. The van der Waals surface area contributed by atoms with Crippen LogP contribution in [0.1, 0.15) is 52.4 Å². The van der Waals surface area contributed by atoms with Gasteiger partial charge in [0.05, 0.1) is 0 Å². The number of unbranched alkanes of at least 4 members (excludes halogenated alkanes) is 2. The number of hydrogen-bond acceptors (Lipinski definition) is 1. The summed E-state index contributed by atoms with van der Waals surface area (Å²) >= 11 is 0. The predicted octanol–water partition coefficient (Wildman–Crippen LogP) is 3.74. The van der Waals surface area contributed by atoms with Gasteiger partial charge in [0.1, 0.15) is 6.29 Å². The topological polar surface area (TPSA) is 17.1 Å². The third-order valence-electron chi connectivity index (χ3n) is 3.25. The average Bonchev–Trinajstić information content (AvgIpc) is 2.18. The second-order valence-corrected chi connectivity index (χ2v) is 4.75. The molecule has 14 heavy (non-hydrogen) atoms. The molecule has 0 N–H and O–H groups in total. The Balaban J connectivity index is 2.49. The van der Waals surface area contributed by atoms with Gasteiger partial charge in [-0.25, -0.2) is 0 Å². The molecule has 0 amide bonds. The first kappa shape index (κ1) is 11.5. The van der Waals surface area contributed by atoms with Crippen LogP contribution < -0.4 is 0 Å². The molecule has 1 nitrogen and oxygen atoms in total. The average molecular weight is 194 g/mol. The number of rotatable bonds is 5. The van der Waals surface area contributed by atoms with Crippen LogP contribution >= 0.6 is 0 Å². The van der Waals surface area contributed by atoms with E-state index in [2.05, 4.69) is 26.0 Å². The number of carbonyl (C=O) groups excluding carboxylic acids is 1. The summed E-state index contributed by atoms with van der Waals surface area (Å²) in [5.74, 6) is 0.579.